The second-order valence-corrected chi connectivity index (χ2v) is 3.54. The summed E-state index contributed by atoms with van der Waals surface area (Å²) < 4.78 is 15.4. The van der Waals surface area contributed by atoms with Crippen LogP contribution in [-0.2, 0) is 12.9 Å². The van der Waals surface area contributed by atoms with Crippen LogP contribution in [0.1, 0.15) is 5.56 Å². The average Bonchev–Trinajstić information content (AvgIpc) is 2.64. The monoisotopic (exact) mass is 224 g/mol. The quantitative estimate of drug-likeness (QED) is 0.718. The number of nitrogens with zero attached hydrogens (tertiary/aromatic N) is 2. The molecule has 0 radical (unpaired) electrons. The van der Waals surface area contributed by atoms with E-state index in [4.69, 9.17) is 11.6 Å². The van der Waals surface area contributed by atoms with Crippen LogP contribution in [-0.4, -0.2) is 9.55 Å². The minimum Gasteiger partial charge on any atom is -0.334 e. The van der Waals surface area contributed by atoms with Gasteiger partial charge in [0.1, 0.15) is 11.6 Å². The third-order valence-corrected chi connectivity index (χ3v) is 2.58. The lowest BCUT2D eigenvalue weighted by atomic mass is 10.1. The van der Waals surface area contributed by atoms with Crippen molar-refractivity contribution in [3.05, 3.63) is 42.0 Å². The maximum atomic E-state index is 13.7. The summed E-state index contributed by atoms with van der Waals surface area (Å²) in [4.78, 5) is 4.12. The minimum atomic E-state index is -0.289. The third-order valence-electron chi connectivity index (χ3n) is 2.29. The Labute approximate surface area is 92.3 Å². The van der Waals surface area contributed by atoms with E-state index in [-0.39, 0.29) is 11.7 Å². The van der Waals surface area contributed by atoms with Gasteiger partial charge < -0.3 is 4.57 Å². The Morgan fingerprint density at radius 3 is 2.87 bits per heavy atom. The molecule has 1 heterocycles. The van der Waals surface area contributed by atoms with Crippen LogP contribution in [0, 0.1) is 5.82 Å². The van der Waals surface area contributed by atoms with Crippen molar-refractivity contribution in [1.29, 1.82) is 0 Å². The normalized spacial score (nSPS) is 10.6. The lowest BCUT2D eigenvalue weighted by molar-refractivity contribution is 0.627. The van der Waals surface area contributed by atoms with E-state index in [1.54, 1.807) is 29.1 Å². The van der Waals surface area contributed by atoms with Gasteiger partial charge in [-0.1, -0.05) is 12.1 Å². The number of benzene rings is 1. The molecule has 0 fully saturated rings. The predicted molar refractivity (Wildman–Crippen MR) is 58.2 cm³/mol. The molecule has 1 aromatic heterocycles. The van der Waals surface area contributed by atoms with Gasteiger partial charge in [0.25, 0.3) is 0 Å². The number of aromatic nitrogens is 2. The van der Waals surface area contributed by atoms with Gasteiger partial charge >= 0.3 is 0 Å². The molecule has 2 aromatic rings. The van der Waals surface area contributed by atoms with Crippen LogP contribution < -0.4 is 0 Å². The molecule has 78 valence electrons. The first-order chi connectivity index (χ1) is 7.24. The molecule has 0 aliphatic carbocycles. The van der Waals surface area contributed by atoms with Gasteiger partial charge in [0, 0.05) is 25.3 Å². The van der Waals surface area contributed by atoms with Crippen LogP contribution in [0.25, 0.3) is 11.4 Å². The van der Waals surface area contributed by atoms with Gasteiger partial charge in [-0.15, -0.1) is 11.6 Å². The summed E-state index contributed by atoms with van der Waals surface area (Å²) in [6.45, 7) is 0. The van der Waals surface area contributed by atoms with Crippen molar-refractivity contribution in [2.24, 2.45) is 7.05 Å². The second kappa shape index (κ2) is 4.03. The first-order valence-electron chi connectivity index (χ1n) is 4.55. The molecule has 0 spiro atoms. The van der Waals surface area contributed by atoms with E-state index in [9.17, 15) is 4.39 Å². The SMILES string of the molecule is Cn1ccnc1-c1c(F)cccc1CCl. The van der Waals surface area contributed by atoms with E-state index in [1.807, 2.05) is 7.05 Å². The van der Waals surface area contributed by atoms with Crippen molar-refractivity contribution in [2.45, 2.75) is 5.88 Å². The number of halogens is 2. The Bertz CT molecular complexity index is 479. The van der Waals surface area contributed by atoms with Crippen LogP contribution in [0.15, 0.2) is 30.6 Å². The molecule has 0 atom stereocenters. The summed E-state index contributed by atoms with van der Waals surface area (Å²) in [6.07, 6.45) is 3.42. The van der Waals surface area contributed by atoms with Crippen molar-refractivity contribution in [3.63, 3.8) is 0 Å². The fraction of sp³-hybridized carbons (Fsp3) is 0.182. The molecule has 4 heteroatoms. The molecule has 15 heavy (non-hydrogen) atoms. The molecule has 2 rings (SSSR count). The van der Waals surface area contributed by atoms with Crippen LogP contribution in [0.3, 0.4) is 0 Å². The second-order valence-electron chi connectivity index (χ2n) is 3.27. The predicted octanol–water partition coefficient (Wildman–Crippen LogP) is 2.97. The zero-order valence-electron chi connectivity index (χ0n) is 8.24. The summed E-state index contributed by atoms with van der Waals surface area (Å²) in [6, 6.07) is 4.87. The maximum Gasteiger partial charge on any atom is 0.142 e. The molecule has 0 saturated carbocycles. The first kappa shape index (κ1) is 10.2. The van der Waals surface area contributed by atoms with Crippen molar-refractivity contribution in [3.8, 4) is 11.4 Å². The Hall–Kier alpha value is -1.35. The zero-order chi connectivity index (χ0) is 10.8. The summed E-state index contributed by atoms with van der Waals surface area (Å²) in [5.41, 5.74) is 1.24. The Morgan fingerprint density at radius 2 is 2.27 bits per heavy atom. The van der Waals surface area contributed by atoms with Crippen molar-refractivity contribution >= 4 is 11.6 Å². The fourth-order valence-corrected chi connectivity index (χ4v) is 1.76. The topological polar surface area (TPSA) is 17.8 Å². The lowest BCUT2D eigenvalue weighted by Crippen LogP contribution is -1.97. The number of imidazole rings is 1. The Kier molecular flexibility index (Phi) is 2.73. The minimum absolute atomic E-state index is 0.278. The van der Waals surface area contributed by atoms with E-state index < -0.39 is 0 Å². The molecule has 0 unspecified atom stereocenters. The highest BCUT2D eigenvalue weighted by molar-refractivity contribution is 6.17. The standard InChI is InChI=1S/C11H10ClFN2/c1-15-6-5-14-11(15)10-8(7-12)3-2-4-9(10)13/h2-6H,7H2,1H3. The number of hydrogen-bond donors (Lipinski definition) is 0. The van der Waals surface area contributed by atoms with Gasteiger partial charge in [-0.2, -0.15) is 0 Å². The highest BCUT2D eigenvalue weighted by atomic mass is 35.5. The molecule has 0 aliphatic heterocycles. The van der Waals surface area contributed by atoms with Crippen LogP contribution >= 0.6 is 11.6 Å². The average molecular weight is 225 g/mol. The first-order valence-corrected chi connectivity index (χ1v) is 5.08. The molecule has 0 aliphatic rings. The fourth-order valence-electron chi connectivity index (χ4n) is 1.54. The largest absolute Gasteiger partial charge is 0.334 e. The summed E-state index contributed by atoms with van der Waals surface area (Å²) in [7, 11) is 1.83. The van der Waals surface area contributed by atoms with Gasteiger partial charge in [0.05, 0.1) is 5.56 Å². The van der Waals surface area contributed by atoms with Gasteiger partial charge in [-0.05, 0) is 11.6 Å². The van der Waals surface area contributed by atoms with Crippen molar-refractivity contribution < 1.29 is 4.39 Å². The number of aryl methyl sites for hydroxylation is 1. The smallest absolute Gasteiger partial charge is 0.142 e. The molecular formula is C11H10ClFN2. The van der Waals surface area contributed by atoms with Crippen molar-refractivity contribution in [2.75, 3.05) is 0 Å². The van der Waals surface area contributed by atoms with Crippen LogP contribution in [0.2, 0.25) is 0 Å². The van der Waals surface area contributed by atoms with Gasteiger partial charge in [0.2, 0.25) is 0 Å². The molecule has 0 N–H and O–H groups in total. The van der Waals surface area contributed by atoms with Crippen molar-refractivity contribution in [1.82, 2.24) is 9.55 Å². The van der Waals surface area contributed by atoms with Gasteiger partial charge in [-0.25, -0.2) is 9.37 Å². The summed E-state index contributed by atoms with van der Waals surface area (Å²) >= 11 is 5.77. The molecule has 0 bridgehead atoms. The molecular weight excluding hydrogens is 215 g/mol. The third kappa shape index (κ3) is 1.75. The molecule has 1 aromatic carbocycles. The van der Waals surface area contributed by atoms with Crippen LogP contribution in [0.5, 0.6) is 0 Å². The Morgan fingerprint density at radius 1 is 1.47 bits per heavy atom. The number of rotatable bonds is 2. The van der Waals surface area contributed by atoms with E-state index in [2.05, 4.69) is 4.98 Å². The van der Waals surface area contributed by atoms with Crippen LogP contribution in [0.4, 0.5) is 4.39 Å². The maximum absolute atomic E-state index is 13.7. The lowest BCUT2D eigenvalue weighted by Gasteiger charge is -2.07. The number of hydrogen-bond acceptors (Lipinski definition) is 1. The summed E-state index contributed by atoms with van der Waals surface area (Å²) in [5, 5.41) is 0. The molecule has 0 saturated heterocycles. The molecule has 0 amide bonds. The highest BCUT2D eigenvalue weighted by Crippen LogP contribution is 2.26. The van der Waals surface area contributed by atoms with E-state index in [1.165, 1.54) is 6.07 Å². The van der Waals surface area contributed by atoms with E-state index in [0.29, 0.717) is 11.4 Å². The summed E-state index contributed by atoms with van der Waals surface area (Å²) in [5.74, 6) is 0.589. The van der Waals surface area contributed by atoms with E-state index in [0.717, 1.165) is 5.56 Å². The van der Waals surface area contributed by atoms with Gasteiger partial charge in [0.15, 0.2) is 0 Å². The number of alkyl halides is 1. The molecule has 2 nitrogen and oxygen atoms in total. The zero-order valence-corrected chi connectivity index (χ0v) is 9.00. The van der Waals surface area contributed by atoms with E-state index >= 15 is 0 Å². The Balaban J connectivity index is 2.66. The highest BCUT2D eigenvalue weighted by Gasteiger charge is 2.13. The van der Waals surface area contributed by atoms with Gasteiger partial charge in [-0.3, -0.25) is 0 Å².